The minimum absolute atomic E-state index is 0.00176. The molecular formula is C9H19N3O. The lowest BCUT2D eigenvalue weighted by Gasteiger charge is -2.31. The number of hydrogen-bond acceptors (Lipinski definition) is 3. The first kappa shape index (κ1) is 10.5. The summed E-state index contributed by atoms with van der Waals surface area (Å²) in [5, 5.41) is 3.23. The van der Waals surface area contributed by atoms with Crippen molar-refractivity contribution in [1.82, 2.24) is 15.1 Å². The van der Waals surface area contributed by atoms with Crippen molar-refractivity contribution >= 4 is 5.91 Å². The molecule has 4 nitrogen and oxygen atoms in total. The van der Waals surface area contributed by atoms with Crippen LogP contribution in [0, 0.1) is 0 Å². The van der Waals surface area contributed by atoms with Gasteiger partial charge in [0.1, 0.15) is 0 Å². The Balaban J connectivity index is 2.45. The fraction of sp³-hybridized carbons (Fsp3) is 0.889. The first-order valence-corrected chi connectivity index (χ1v) is 4.79. The van der Waals surface area contributed by atoms with Crippen molar-refractivity contribution in [3.05, 3.63) is 0 Å². The molecule has 1 amide bonds. The van der Waals surface area contributed by atoms with Crippen LogP contribution >= 0.6 is 0 Å². The number of rotatable bonds is 2. The highest BCUT2D eigenvalue weighted by Gasteiger charge is 2.22. The molecule has 4 heteroatoms. The highest BCUT2D eigenvalue weighted by molar-refractivity contribution is 5.81. The van der Waals surface area contributed by atoms with Gasteiger partial charge in [-0.05, 0) is 21.0 Å². The Labute approximate surface area is 79.9 Å². The Morgan fingerprint density at radius 2 is 1.92 bits per heavy atom. The van der Waals surface area contributed by atoms with E-state index in [0.717, 1.165) is 26.2 Å². The second kappa shape index (κ2) is 4.58. The van der Waals surface area contributed by atoms with Gasteiger partial charge < -0.3 is 10.2 Å². The van der Waals surface area contributed by atoms with Crippen LogP contribution in [0.1, 0.15) is 6.92 Å². The van der Waals surface area contributed by atoms with Crippen molar-refractivity contribution in [1.29, 1.82) is 0 Å². The molecule has 0 radical (unpaired) electrons. The van der Waals surface area contributed by atoms with Crippen LogP contribution in [0.3, 0.4) is 0 Å². The lowest BCUT2D eigenvalue weighted by Crippen LogP contribution is -2.51. The van der Waals surface area contributed by atoms with E-state index in [1.165, 1.54) is 0 Å². The molecule has 1 aliphatic heterocycles. The van der Waals surface area contributed by atoms with E-state index in [-0.39, 0.29) is 11.9 Å². The molecule has 0 aromatic carbocycles. The minimum Gasteiger partial charge on any atom is -0.339 e. The molecule has 0 aliphatic carbocycles. The van der Waals surface area contributed by atoms with Crippen LogP contribution in [-0.2, 0) is 4.79 Å². The van der Waals surface area contributed by atoms with Gasteiger partial charge in [-0.15, -0.1) is 0 Å². The molecule has 0 aromatic heterocycles. The quantitative estimate of drug-likeness (QED) is 0.622. The van der Waals surface area contributed by atoms with Gasteiger partial charge in [-0.1, -0.05) is 0 Å². The number of likely N-dealkylation sites (N-methyl/N-ethyl adjacent to an activating group) is 1. The van der Waals surface area contributed by atoms with Crippen molar-refractivity contribution in [3.63, 3.8) is 0 Å². The fourth-order valence-corrected chi connectivity index (χ4v) is 1.37. The minimum atomic E-state index is -0.00176. The van der Waals surface area contributed by atoms with Crippen molar-refractivity contribution in [3.8, 4) is 0 Å². The third-order valence-corrected chi connectivity index (χ3v) is 2.56. The molecule has 76 valence electrons. The normalized spacial score (nSPS) is 20.5. The van der Waals surface area contributed by atoms with Gasteiger partial charge in [0.2, 0.25) is 5.91 Å². The Bertz CT molecular complexity index is 176. The molecule has 0 aromatic rings. The van der Waals surface area contributed by atoms with Crippen molar-refractivity contribution in [2.24, 2.45) is 0 Å². The van der Waals surface area contributed by atoms with Crippen LogP contribution in [0.4, 0.5) is 0 Å². The molecule has 1 N–H and O–H groups in total. The lowest BCUT2D eigenvalue weighted by atomic mass is 10.2. The van der Waals surface area contributed by atoms with Crippen LogP contribution < -0.4 is 5.32 Å². The molecule has 1 saturated heterocycles. The number of carbonyl (C=O) groups is 1. The van der Waals surface area contributed by atoms with E-state index in [1.54, 1.807) is 0 Å². The Hall–Kier alpha value is -0.610. The summed E-state index contributed by atoms with van der Waals surface area (Å²) in [5.41, 5.74) is 0. The van der Waals surface area contributed by atoms with Crippen molar-refractivity contribution in [2.45, 2.75) is 13.0 Å². The van der Waals surface area contributed by atoms with E-state index >= 15 is 0 Å². The number of piperazine rings is 1. The van der Waals surface area contributed by atoms with E-state index in [9.17, 15) is 4.79 Å². The monoisotopic (exact) mass is 185 g/mol. The number of carbonyl (C=O) groups excluding carboxylic acids is 1. The summed E-state index contributed by atoms with van der Waals surface area (Å²) in [6.07, 6.45) is 0. The first-order valence-electron chi connectivity index (χ1n) is 4.79. The van der Waals surface area contributed by atoms with Gasteiger partial charge in [-0.25, -0.2) is 0 Å². The van der Waals surface area contributed by atoms with Crippen LogP contribution in [0.5, 0.6) is 0 Å². The summed E-state index contributed by atoms with van der Waals surface area (Å²) in [7, 11) is 3.87. The molecule has 13 heavy (non-hydrogen) atoms. The molecule has 1 aliphatic rings. The predicted octanol–water partition coefficient (Wildman–Crippen LogP) is -0.632. The second-order valence-corrected chi connectivity index (χ2v) is 3.71. The molecule has 1 atom stereocenters. The van der Waals surface area contributed by atoms with E-state index in [2.05, 4.69) is 5.32 Å². The van der Waals surface area contributed by atoms with Crippen LogP contribution in [-0.4, -0.2) is 62.0 Å². The number of hydrogen-bond donors (Lipinski definition) is 1. The van der Waals surface area contributed by atoms with Gasteiger partial charge in [0.25, 0.3) is 0 Å². The summed E-state index contributed by atoms with van der Waals surface area (Å²) in [4.78, 5) is 15.7. The number of nitrogens with zero attached hydrogens (tertiary/aromatic N) is 2. The lowest BCUT2D eigenvalue weighted by molar-refractivity contribution is -0.136. The molecular weight excluding hydrogens is 166 g/mol. The second-order valence-electron chi connectivity index (χ2n) is 3.71. The van der Waals surface area contributed by atoms with Gasteiger partial charge >= 0.3 is 0 Å². The summed E-state index contributed by atoms with van der Waals surface area (Å²) in [5.74, 6) is 0.242. The summed E-state index contributed by atoms with van der Waals surface area (Å²) in [6, 6.07) is -0.00176. The van der Waals surface area contributed by atoms with E-state index in [4.69, 9.17) is 0 Å². The topological polar surface area (TPSA) is 35.6 Å². The van der Waals surface area contributed by atoms with Gasteiger partial charge in [0.15, 0.2) is 0 Å². The molecule has 0 bridgehead atoms. The Morgan fingerprint density at radius 3 is 2.38 bits per heavy atom. The third-order valence-electron chi connectivity index (χ3n) is 2.56. The molecule has 1 unspecified atom stereocenters. The average molecular weight is 185 g/mol. The molecule has 0 spiro atoms. The molecule has 1 rings (SSSR count). The number of amides is 1. The van der Waals surface area contributed by atoms with Crippen molar-refractivity contribution in [2.75, 3.05) is 40.3 Å². The predicted molar refractivity (Wildman–Crippen MR) is 52.6 cm³/mol. The maximum absolute atomic E-state index is 11.8. The molecule has 1 heterocycles. The maximum atomic E-state index is 11.8. The zero-order valence-corrected chi connectivity index (χ0v) is 8.71. The Morgan fingerprint density at radius 1 is 1.38 bits per heavy atom. The largest absolute Gasteiger partial charge is 0.339 e. The standard InChI is InChI=1S/C9H19N3O/c1-8(11(2)3)9(13)12-6-4-10-5-7-12/h8,10H,4-7H2,1-3H3. The zero-order chi connectivity index (χ0) is 9.84. The molecule has 1 fully saturated rings. The summed E-state index contributed by atoms with van der Waals surface area (Å²) < 4.78 is 0. The number of nitrogens with one attached hydrogen (secondary N) is 1. The highest BCUT2D eigenvalue weighted by atomic mass is 16.2. The molecule has 0 saturated carbocycles. The third kappa shape index (κ3) is 2.67. The van der Waals surface area contributed by atoms with Crippen LogP contribution in [0.15, 0.2) is 0 Å². The van der Waals surface area contributed by atoms with E-state index < -0.39 is 0 Å². The first-order chi connectivity index (χ1) is 6.13. The van der Waals surface area contributed by atoms with Gasteiger partial charge in [0.05, 0.1) is 6.04 Å². The summed E-state index contributed by atoms with van der Waals surface area (Å²) >= 11 is 0. The highest BCUT2D eigenvalue weighted by Crippen LogP contribution is 2.01. The SMILES string of the molecule is CC(C(=O)N1CCNCC1)N(C)C. The van der Waals surface area contributed by atoms with E-state index in [1.807, 2.05) is 30.8 Å². The van der Waals surface area contributed by atoms with Crippen molar-refractivity contribution < 1.29 is 4.79 Å². The zero-order valence-electron chi connectivity index (χ0n) is 8.71. The van der Waals surface area contributed by atoms with Gasteiger partial charge in [-0.2, -0.15) is 0 Å². The van der Waals surface area contributed by atoms with Gasteiger partial charge in [0, 0.05) is 26.2 Å². The van der Waals surface area contributed by atoms with Crippen LogP contribution in [0.2, 0.25) is 0 Å². The van der Waals surface area contributed by atoms with E-state index in [0.29, 0.717) is 0 Å². The van der Waals surface area contributed by atoms with Gasteiger partial charge in [-0.3, -0.25) is 9.69 Å². The smallest absolute Gasteiger partial charge is 0.239 e. The fourth-order valence-electron chi connectivity index (χ4n) is 1.37. The maximum Gasteiger partial charge on any atom is 0.239 e. The van der Waals surface area contributed by atoms with Crippen LogP contribution in [0.25, 0.3) is 0 Å². The Kier molecular flexibility index (Phi) is 3.69. The average Bonchev–Trinajstić information content (AvgIpc) is 2.17. The summed E-state index contributed by atoms with van der Waals surface area (Å²) in [6.45, 7) is 5.48.